The lowest BCUT2D eigenvalue weighted by molar-refractivity contribution is -0.138. The summed E-state index contributed by atoms with van der Waals surface area (Å²) < 4.78 is 12.8. The molecule has 2 atom stereocenters. The van der Waals surface area contributed by atoms with Crippen LogP contribution >= 0.6 is 0 Å². The number of aryl methyl sites for hydroxylation is 4. The van der Waals surface area contributed by atoms with Crippen LogP contribution in [0.3, 0.4) is 0 Å². The summed E-state index contributed by atoms with van der Waals surface area (Å²) in [5.41, 5.74) is 10.7. The number of nitriles is 1. The molecule has 10 heteroatoms. The number of benzene rings is 4. The molecule has 0 fully saturated rings. The Bertz CT molecular complexity index is 2560. The highest BCUT2D eigenvalue weighted by atomic mass is 16.5. The maximum atomic E-state index is 11.6. The first kappa shape index (κ1) is 48.9. The van der Waals surface area contributed by atoms with Crippen molar-refractivity contribution in [2.75, 3.05) is 0 Å². The number of carbonyl (C=O) groups is 3. The molecular formula is C55H59N3O7. The van der Waals surface area contributed by atoms with E-state index in [9.17, 15) is 14.4 Å². The summed E-state index contributed by atoms with van der Waals surface area (Å²) in [6.07, 6.45) is 6.71. The number of ether oxygens (including phenoxy) is 2. The second kappa shape index (κ2) is 24.7. The summed E-state index contributed by atoms with van der Waals surface area (Å²) in [5, 5.41) is 26.9. The molecule has 0 saturated heterocycles. The molecule has 0 saturated carbocycles. The van der Waals surface area contributed by atoms with Crippen molar-refractivity contribution in [1.82, 2.24) is 9.97 Å². The minimum absolute atomic E-state index is 0.0422. The number of Topliss-reactive ketones (excluding diaryl/α,β-unsaturated/α-hetero) is 1. The smallest absolute Gasteiger partial charge is 0.303 e. The van der Waals surface area contributed by atoms with Crippen LogP contribution in [0.5, 0.6) is 11.5 Å². The van der Waals surface area contributed by atoms with Crippen molar-refractivity contribution in [2.24, 2.45) is 0 Å². The molecule has 336 valence electrons. The number of aromatic nitrogens is 2. The zero-order valence-corrected chi connectivity index (χ0v) is 38.1. The second-order valence-electron chi connectivity index (χ2n) is 16.2. The van der Waals surface area contributed by atoms with Crippen LogP contribution in [0.15, 0.2) is 121 Å². The minimum Gasteiger partial charge on any atom is -0.484 e. The van der Waals surface area contributed by atoms with Crippen molar-refractivity contribution in [3.63, 3.8) is 0 Å². The van der Waals surface area contributed by atoms with Crippen LogP contribution in [0.2, 0.25) is 0 Å². The molecule has 0 spiro atoms. The Morgan fingerprint density at radius 3 is 1.42 bits per heavy atom. The Kier molecular flexibility index (Phi) is 18.5. The van der Waals surface area contributed by atoms with Crippen molar-refractivity contribution in [1.29, 1.82) is 5.26 Å². The molecule has 2 aromatic heterocycles. The Morgan fingerprint density at radius 2 is 1.05 bits per heavy atom. The van der Waals surface area contributed by atoms with Gasteiger partial charge in [-0.25, -0.2) is 9.97 Å². The lowest BCUT2D eigenvalue weighted by Crippen LogP contribution is -2.10. The van der Waals surface area contributed by atoms with Crippen LogP contribution < -0.4 is 9.47 Å². The number of carboxylic acid groups (broad SMARTS) is 2. The fourth-order valence-corrected chi connectivity index (χ4v) is 7.34. The van der Waals surface area contributed by atoms with Gasteiger partial charge in [-0.2, -0.15) is 5.26 Å². The standard InChI is InChI=1S/C28H31NO4.C27H28N2O3/c1-4-5-9-27(33-24-16-14-21(19(2)18-24)15-17-28(31)32)26-8-6-7-25(29-26)23-12-10-22(11-13-23)20(3)30;1-3-4-8-26(32-23-15-13-21(19(2)17-23)14-16-27(30)31)25-7-5-6-24(29-25)22-11-9-20(18-28)10-12-22/h6-8,10-14,16,18,27H,4-5,9,15,17H2,1-3H3,(H,31,32);5-7,9-13,15,17,26H,3-4,8,14,16H2,1-2H3,(H,30,31)/t27-;26-/m00/s1. The van der Waals surface area contributed by atoms with E-state index >= 15 is 0 Å². The molecule has 6 aromatic rings. The van der Waals surface area contributed by atoms with Crippen LogP contribution in [-0.4, -0.2) is 37.9 Å². The molecule has 2 N–H and O–H groups in total. The number of ketones is 1. The Hall–Kier alpha value is -7.12. The number of pyridine rings is 2. The SMILES string of the molecule is CCCC[C@H](Oc1ccc(CCC(=O)O)c(C)c1)c1cccc(-c2ccc(C#N)cc2)n1.CCCC[C@H](Oc1ccc(CCC(=O)O)c(C)c1)c1cccc(-c2ccc(C(C)=O)cc2)n1. The van der Waals surface area contributed by atoms with Crippen LogP contribution in [0, 0.1) is 25.2 Å². The lowest BCUT2D eigenvalue weighted by Gasteiger charge is -2.20. The number of hydrogen-bond acceptors (Lipinski definition) is 8. The van der Waals surface area contributed by atoms with Gasteiger partial charge in [0.05, 0.1) is 34.4 Å². The number of unbranched alkanes of at least 4 members (excludes halogenated alkanes) is 2. The predicted octanol–water partition coefficient (Wildman–Crippen LogP) is 12.8. The third-order valence-corrected chi connectivity index (χ3v) is 11.1. The summed E-state index contributed by atoms with van der Waals surface area (Å²) in [6.45, 7) is 9.82. The Labute approximate surface area is 383 Å². The molecule has 2 heterocycles. The molecule has 0 unspecified atom stereocenters. The van der Waals surface area contributed by atoms with E-state index in [4.69, 9.17) is 34.9 Å². The van der Waals surface area contributed by atoms with Gasteiger partial charge in [-0.3, -0.25) is 14.4 Å². The van der Waals surface area contributed by atoms with E-state index in [1.165, 1.54) is 0 Å². The first-order chi connectivity index (χ1) is 31.4. The Morgan fingerprint density at radius 1 is 0.615 bits per heavy atom. The van der Waals surface area contributed by atoms with E-state index in [0.29, 0.717) is 24.0 Å². The number of nitrogens with zero attached hydrogens (tertiary/aromatic N) is 3. The maximum absolute atomic E-state index is 11.6. The predicted molar refractivity (Wildman–Crippen MR) is 254 cm³/mol. The van der Waals surface area contributed by atoms with Gasteiger partial charge in [-0.05, 0) is 142 Å². The molecule has 10 nitrogen and oxygen atoms in total. The monoisotopic (exact) mass is 873 g/mol. The fourth-order valence-electron chi connectivity index (χ4n) is 7.34. The van der Waals surface area contributed by atoms with E-state index < -0.39 is 11.9 Å². The molecule has 4 aromatic carbocycles. The topological polar surface area (TPSA) is 160 Å². The van der Waals surface area contributed by atoms with Gasteiger partial charge in [0.1, 0.15) is 23.7 Å². The third kappa shape index (κ3) is 15.0. The molecule has 0 amide bonds. The van der Waals surface area contributed by atoms with Gasteiger partial charge < -0.3 is 19.7 Å². The van der Waals surface area contributed by atoms with Gasteiger partial charge in [-0.1, -0.05) is 87.4 Å². The van der Waals surface area contributed by atoms with Crippen molar-refractivity contribution in [2.45, 2.75) is 111 Å². The molecule has 0 aliphatic rings. The normalized spacial score (nSPS) is 11.6. The highest BCUT2D eigenvalue weighted by Gasteiger charge is 2.19. The Balaban J connectivity index is 0.000000244. The van der Waals surface area contributed by atoms with Crippen LogP contribution in [0.4, 0.5) is 0 Å². The van der Waals surface area contributed by atoms with Crippen molar-refractivity contribution in [3.05, 3.63) is 166 Å². The summed E-state index contributed by atoms with van der Waals surface area (Å²) in [6, 6.07) is 40.6. The van der Waals surface area contributed by atoms with Crippen molar-refractivity contribution >= 4 is 17.7 Å². The molecule has 0 aliphatic heterocycles. The van der Waals surface area contributed by atoms with Gasteiger partial charge in [-0.15, -0.1) is 0 Å². The van der Waals surface area contributed by atoms with Crippen LogP contribution in [-0.2, 0) is 22.4 Å². The molecule has 65 heavy (non-hydrogen) atoms. The van der Waals surface area contributed by atoms with Gasteiger partial charge in [0.25, 0.3) is 0 Å². The van der Waals surface area contributed by atoms with Gasteiger partial charge in [0.2, 0.25) is 0 Å². The van der Waals surface area contributed by atoms with E-state index in [2.05, 4.69) is 19.9 Å². The number of carbonyl (C=O) groups excluding carboxylic acids is 1. The number of rotatable bonds is 21. The molecule has 0 radical (unpaired) electrons. The first-order valence-electron chi connectivity index (χ1n) is 22.4. The maximum Gasteiger partial charge on any atom is 0.303 e. The number of carboxylic acids is 2. The third-order valence-electron chi connectivity index (χ3n) is 11.1. The van der Waals surface area contributed by atoms with E-state index in [1.807, 2.05) is 123 Å². The first-order valence-corrected chi connectivity index (χ1v) is 22.4. The van der Waals surface area contributed by atoms with Crippen molar-refractivity contribution in [3.8, 4) is 40.1 Å². The average Bonchev–Trinajstić information content (AvgIpc) is 3.31. The largest absolute Gasteiger partial charge is 0.484 e. The van der Waals surface area contributed by atoms with Crippen LogP contribution in [0.25, 0.3) is 22.5 Å². The van der Waals surface area contributed by atoms with E-state index in [1.54, 1.807) is 19.1 Å². The molecular weight excluding hydrogens is 815 g/mol. The van der Waals surface area contributed by atoms with Gasteiger partial charge in [0.15, 0.2) is 5.78 Å². The molecule has 0 bridgehead atoms. The van der Waals surface area contributed by atoms with E-state index in [-0.39, 0.29) is 30.8 Å². The lowest BCUT2D eigenvalue weighted by atomic mass is 10.0. The van der Waals surface area contributed by atoms with Crippen LogP contribution in [0.1, 0.15) is 134 Å². The molecule has 0 aliphatic carbocycles. The summed E-state index contributed by atoms with van der Waals surface area (Å²) in [5.74, 6) is -0.0340. The minimum atomic E-state index is -0.795. The van der Waals surface area contributed by atoms with Crippen molar-refractivity contribution < 1.29 is 34.1 Å². The highest BCUT2D eigenvalue weighted by molar-refractivity contribution is 5.94. The average molecular weight is 874 g/mol. The van der Waals surface area contributed by atoms with Gasteiger partial charge >= 0.3 is 11.9 Å². The zero-order chi connectivity index (χ0) is 46.7. The van der Waals surface area contributed by atoms with E-state index in [0.717, 1.165) is 106 Å². The quantitative estimate of drug-likeness (QED) is 0.0666. The second-order valence-corrected chi connectivity index (χ2v) is 16.2. The number of aliphatic carboxylic acids is 2. The summed E-state index contributed by atoms with van der Waals surface area (Å²) in [4.78, 5) is 43.1. The van der Waals surface area contributed by atoms with Gasteiger partial charge in [0, 0.05) is 29.5 Å². The molecule has 6 rings (SSSR count). The fraction of sp³-hybridized carbons (Fsp3) is 0.309. The number of hydrogen-bond donors (Lipinski definition) is 2. The highest BCUT2D eigenvalue weighted by Crippen LogP contribution is 2.31. The zero-order valence-electron chi connectivity index (χ0n) is 38.1. The summed E-state index contributed by atoms with van der Waals surface area (Å²) in [7, 11) is 0. The summed E-state index contributed by atoms with van der Waals surface area (Å²) >= 11 is 0.